The second-order valence-corrected chi connectivity index (χ2v) is 5.05. The van der Waals surface area contributed by atoms with Crippen LogP contribution in [0.4, 0.5) is 0 Å². The van der Waals surface area contributed by atoms with Crippen LogP contribution in [0.1, 0.15) is 36.9 Å². The number of hydrogen-bond acceptors (Lipinski definition) is 2. The van der Waals surface area contributed by atoms with E-state index in [1.165, 1.54) is 5.56 Å². The average Bonchev–Trinajstić information content (AvgIpc) is 2.88. The fourth-order valence-electron chi connectivity index (χ4n) is 2.16. The third-order valence-corrected chi connectivity index (χ3v) is 3.55. The lowest BCUT2D eigenvalue weighted by molar-refractivity contribution is 0.215. The van der Waals surface area contributed by atoms with Gasteiger partial charge in [-0.05, 0) is 43.2 Å². The highest BCUT2D eigenvalue weighted by atomic mass is 35.5. The topological polar surface area (TPSA) is 21.3 Å². The fraction of sp³-hybridized carbons (Fsp3) is 0.467. The van der Waals surface area contributed by atoms with Crippen molar-refractivity contribution >= 4 is 11.6 Å². The highest BCUT2D eigenvalue weighted by Gasteiger charge is 2.20. The van der Waals surface area contributed by atoms with Gasteiger partial charge in [0.1, 0.15) is 5.76 Å². The summed E-state index contributed by atoms with van der Waals surface area (Å²) in [5, 5.41) is 4.35. The van der Waals surface area contributed by atoms with Gasteiger partial charge in [-0.3, -0.25) is 0 Å². The summed E-state index contributed by atoms with van der Waals surface area (Å²) >= 11 is 6.08. The van der Waals surface area contributed by atoms with E-state index < -0.39 is 0 Å². The van der Waals surface area contributed by atoms with E-state index in [2.05, 4.69) is 30.4 Å². The van der Waals surface area contributed by atoms with Crippen molar-refractivity contribution in [1.29, 1.82) is 0 Å². The molecule has 0 bridgehead atoms. The molecule has 1 aromatic rings. The lowest BCUT2D eigenvalue weighted by atomic mass is 10.0. The van der Waals surface area contributed by atoms with Gasteiger partial charge in [0.05, 0.1) is 12.6 Å². The Bertz CT molecular complexity index is 442. The molecule has 0 aliphatic carbocycles. The molecule has 1 aliphatic rings. The van der Waals surface area contributed by atoms with Crippen LogP contribution >= 0.6 is 11.6 Å². The van der Waals surface area contributed by atoms with Gasteiger partial charge in [-0.2, -0.15) is 0 Å². The summed E-state index contributed by atoms with van der Waals surface area (Å²) in [7, 11) is 0. The van der Waals surface area contributed by atoms with Crippen LogP contribution < -0.4 is 5.32 Å². The van der Waals surface area contributed by atoms with E-state index >= 15 is 0 Å². The maximum atomic E-state index is 6.08. The zero-order valence-electron chi connectivity index (χ0n) is 11.0. The van der Waals surface area contributed by atoms with E-state index in [1.54, 1.807) is 0 Å². The normalized spacial score (nSPS) is 16.3. The van der Waals surface area contributed by atoms with Crippen LogP contribution in [0, 0.1) is 6.92 Å². The van der Waals surface area contributed by atoms with Crippen LogP contribution in [0.3, 0.4) is 0 Å². The molecule has 0 saturated heterocycles. The van der Waals surface area contributed by atoms with Crippen molar-refractivity contribution < 1.29 is 4.74 Å². The molecule has 1 aromatic carbocycles. The predicted molar refractivity (Wildman–Crippen MR) is 75.9 cm³/mol. The van der Waals surface area contributed by atoms with E-state index in [4.69, 9.17) is 16.3 Å². The molecule has 3 heteroatoms. The summed E-state index contributed by atoms with van der Waals surface area (Å²) in [4.78, 5) is 0. The Morgan fingerprint density at radius 3 is 2.89 bits per heavy atom. The molecule has 1 unspecified atom stereocenters. The fourth-order valence-corrected chi connectivity index (χ4v) is 2.27. The largest absolute Gasteiger partial charge is 0.496 e. The molecule has 0 spiro atoms. The third-order valence-electron chi connectivity index (χ3n) is 3.13. The minimum absolute atomic E-state index is 0.156. The van der Waals surface area contributed by atoms with Crippen molar-refractivity contribution in [3.8, 4) is 0 Å². The Balaban J connectivity index is 2.23. The number of ether oxygens (including phenoxy) is 1. The Morgan fingerprint density at radius 1 is 1.44 bits per heavy atom. The summed E-state index contributed by atoms with van der Waals surface area (Å²) < 4.78 is 5.70. The van der Waals surface area contributed by atoms with E-state index in [0.29, 0.717) is 0 Å². The van der Waals surface area contributed by atoms with Crippen LogP contribution in [0.25, 0.3) is 0 Å². The van der Waals surface area contributed by atoms with Crippen LogP contribution in [0.5, 0.6) is 0 Å². The van der Waals surface area contributed by atoms with Gasteiger partial charge in [0.25, 0.3) is 0 Å². The second-order valence-electron chi connectivity index (χ2n) is 4.64. The molecule has 0 amide bonds. The zero-order chi connectivity index (χ0) is 13.0. The van der Waals surface area contributed by atoms with Crippen molar-refractivity contribution in [2.45, 2.75) is 32.7 Å². The van der Waals surface area contributed by atoms with Crippen molar-refractivity contribution in [3.63, 3.8) is 0 Å². The molecule has 0 saturated carbocycles. The first kappa shape index (κ1) is 13.4. The van der Waals surface area contributed by atoms with Crippen LogP contribution in [0.15, 0.2) is 30.0 Å². The molecule has 1 aliphatic heterocycles. The lowest BCUT2D eigenvalue weighted by Crippen LogP contribution is -2.24. The first-order valence-electron chi connectivity index (χ1n) is 6.54. The Morgan fingerprint density at radius 2 is 2.28 bits per heavy atom. The Kier molecular flexibility index (Phi) is 4.67. The molecule has 2 rings (SSSR count). The Labute approximate surface area is 114 Å². The van der Waals surface area contributed by atoms with Gasteiger partial charge in [-0.15, -0.1) is 0 Å². The maximum absolute atomic E-state index is 6.08. The smallest absolute Gasteiger partial charge is 0.114 e. The molecule has 98 valence electrons. The highest BCUT2D eigenvalue weighted by molar-refractivity contribution is 6.31. The summed E-state index contributed by atoms with van der Waals surface area (Å²) in [6.45, 7) is 5.98. The van der Waals surface area contributed by atoms with Gasteiger partial charge in [-0.25, -0.2) is 0 Å². The SMILES string of the molecule is CCCNC(C1=CCCO1)c1ccc(Cl)c(C)c1. The molecule has 18 heavy (non-hydrogen) atoms. The van der Waals surface area contributed by atoms with E-state index in [0.717, 1.165) is 42.3 Å². The first-order valence-corrected chi connectivity index (χ1v) is 6.92. The van der Waals surface area contributed by atoms with Gasteiger partial charge in [0.15, 0.2) is 0 Å². The molecular formula is C15H20ClNO. The molecule has 0 fully saturated rings. The summed E-state index contributed by atoms with van der Waals surface area (Å²) in [6.07, 6.45) is 4.29. The number of hydrogen-bond donors (Lipinski definition) is 1. The predicted octanol–water partition coefficient (Wildman–Crippen LogP) is 3.99. The summed E-state index contributed by atoms with van der Waals surface area (Å²) in [5.74, 6) is 1.05. The molecule has 1 atom stereocenters. The third kappa shape index (κ3) is 3.06. The molecule has 2 nitrogen and oxygen atoms in total. The standard InChI is InChI=1S/C15H20ClNO/c1-3-8-17-15(14-5-4-9-18-14)12-6-7-13(16)11(2)10-12/h5-7,10,15,17H,3-4,8-9H2,1-2H3. The van der Waals surface area contributed by atoms with Crippen LogP contribution in [0.2, 0.25) is 5.02 Å². The monoisotopic (exact) mass is 265 g/mol. The quantitative estimate of drug-likeness (QED) is 0.869. The van der Waals surface area contributed by atoms with Gasteiger partial charge in [0.2, 0.25) is 0 Å². The molecule has 1 heterocycles. The average molecular weight is 266 g/mol. The van der Waals surface area contributed by atoms with E-state index in [1.807, 2.05) is 13.0 Å². The lowest BCUT2D eigenvalue weighted by Gasteiger charge is -2.20. The summed E-state index contributed by atoms with van der Waals surface area (Å²) in [6, 6.07) is 6.33. The van der Waals surface area contributed by atoms with Crippen molar-refractivity contribution in [2.75, 3.05) is 13.2 Å². The minimum Gasteiger partial charge on any atom is -0.496 e. The highest BCUT2D eigenvalue weighted by Crippen LogP contribution is 2.28. The number of halogens is 1. The van der Waals surface area contributed by atoms with Gasteiger partial charge in [0, 0.05) is 11.4 Å². The van der Waals surface area contributed by atoms with Crippen molar-refractivity contribution in [2.24, 2.45) is 0 Å². The van der Waals surface area contributed by atoms with Crippen LogP contribution in [-0.4, -0.2) is 13.2 Å². The minimum atomic E-state index is 0.156. The summed E-state index contributed by atoms with van der Waals surface area (Å²) in [5.41, 5.74) is 2.33. The first-order chi connectivity index (χ1) is 8.72. The second kappa shape index (κ2) is 6.26. The number of rotatable bonds is 5. The van der Waals surface area contributed by atoms with Gasteiger partial charge in [-0.1, -0.05) is 30.7 Å². The van der Waals surface area contributed by atoms with Crippen molar-refractivity contribution in [3.05, 3.63) is 46.2 Å². The maximum Gasteiger partial charge on any atom is 0.114 e. The van der Waals surface area contributed by atoms with Crippen LogP contribution in [-0.2, 0) is 4.74 Å². The van der Waals surface area contributed by atoms with Gasteiger partial charge >= 0.3 is 0 Å². The molecule has 0 radical (unpaired) electrons. The van der Waals surface area contributed by atoms with E-state index in [9.17, 15) is 0 Å². The number of nitrogens with one attached hydrogen (secondary N) is 1. The number of benzene rings is 1. The molecular weight excluding hydrogens is 246 g/mol. The zero-order valence-corrected chi connectivity index (χ0v) is 11.8. The molecule has 1 N–H and O–H groups in total. The molecule has 0 aromatic heterocycles. The van der Waals surface area contributed by atoms with Gasteiger partial charge < -0.3 is 10.1 Å². The number of aryl methyl sites for hydroxylation is 1. The van der Waals surface area contributed by atoms with E-state index in [-0.39, 0.29) is 6.04 Å². The Hall–Kier alpha value is -0.990. The van der Waals surface area contributed by atoms with Crippen molar-refractivity contribution in [1.82, 2.24) is 5.32 Å².